The number of amides is 2. The molecule has 1 atom stereocenters. The van der Waals surface area contributed by atoms with Gasteiger partial charge in [-0.05, 0) is 42.5 Å². The highest BCUT2D eigenvalue weighted by Crippen LogP contribution is 2.34. The number of carbonyl (C=O) groups excluding carboxylic acids is 2. The van der Waals surface area contributed by atoms with E-state index in [1.54, 1.807) is 6.20 Å². The predicted molar refractivity (Wildman–Crippen MR) is 119 cm³/mol. The van der Waals surface area contributed by atoms with Gasteiger partial charge in [-0.3, -0.25) is 19.5 Å². The van der Waals surface area contributed by atoms with Crippen molar-refractivity contribution >= 4 is 46.2 Å². The second kappa shape index (κ2) is 8.88. The zero-order valence-corrected chi connectivity index (χ0v) is 17.5. The molecule has 2 aliphatic heterocycles. The van der Waals surface area contributed by atoms with Crippen molar-refractivity contribution in [2.75, 3.05) is 13.1 Å². The van der Waals surface area contributed by atoms with Crippen LogP contribution >= 0.6 is 24.0 Å². The van der Waals surface area contributed by atoms with Crippen LogP contribution in [0.3, 0.4) is 0 Å². The highest BCUT2D eigenvalue weighted by molar-refractivity contribution is 8.26. The minimum Gasteiger partial charge on any atom is -0.334 e. The molecule has 0 bridgehead atoms. The third-order valence-corrected chi connectivity index (χ3v) is 6.53. The normalized spacial score (nSPS) is 21.1. The van der Waals surface area contributed by atoms with Crippen LogP contribution in [-0.4, -0.2) is 44.0 Å². The first kappa shape index (κ1) is 19.8. The fraction of sp³-hybridized carbons (Fsp3) is 0.273. The van der Waals surface area contributed by atoms with Crippen molar-refractivity contribution in [1.82, 2.24) is 14.8 Å². The minimum absolute atomic E-state index is 0.00297. The molecule has 2 saturated heterocycles. The molecule has 0 N–H and O–H groups in total. The molecule has 0 aliphatic carbocycles. The van der Waals surface area contributed by atoms with Crippen molar-refractivity contribution in [2.45, 2.75) is 25.3 Å². The molecule has 1 aromatic heterocycles. The van der Waals surface area contributed by atoms with Crippen molar-refractivity contribution in [1.29, 1.82) is 0 Å². The van der Waals surface area contributed by atoms with Crippen molar-refractivity contribution < 1.29 is 9.59 Å². The number of hydrogen-bond donors (Lipinski definition) is 0. The molecule has 0 spiro atoms. The Hall–Kier alpha value is -2.51. The molecule has 2 amide bonds. The van der Waals surface area contributed by atoms with Gasteiger partial charge < -0.3 is 4.90 Å². The maximum atomic E-state index is 13.1. The summed E-state index contributed by atoms with van der Waals surface area (Å²) < 4.78 is 0.431. The SMILES string of the molecule is O=C1/C(=C/c2ccccc2)SC(=S)N1CC(=O)N1CCCC[C@@H]1c1cccnc1. The van der Waals surface area contributed by atoms with Crippen molar-refractivity contribution in [3.8, 4) is 0 Å². The molecular weight excluding hydrogens is 402 g/mol. The summed E-state index contributed by atoms with van der Waals surface area (Å²) in [7, 11) is 0. The maximum absolute atomic E-state index is 13.1. The minimum atomic E-state index is -0.202. The molecule has 1 aromatic carbocycles. The van der Waals surface area contributed by atoms with Gasteiger partial charge in [-0.25, -0.2) is 0 Å². The highest BCUT2D eigenvalue weighted by atomic mass is 32.2. The van der Waals surface area contributed by atoms with Crippen LogP contribution in [0, 0.1) is 0 Å². The Morgan fingerprint density at radius 3 is 2.79 bits per heavy atom. The number of rotatable bonds is 4. The second-order valence-corrected chi connectivity index (χ2v) is 8.74. The Bertz CT molecular complexity index is 947. The quantitative estimate of drug-likeness (QED) is 0.549. The van der Waals surface area contributed by atoms with Crippen LogP contribution < -0.4 is 0 Å². The van der Waals surface area contributed by atoms with Crippen LogP contribution in [0.1, 0.15) is 36.4 Å². The lowest BCUT2D eigenvalue weighted by Crippen LogP contribution is -2.45. The topological polar surface area (TPSA) is 53.5 Å². The van der Waals surface area contributed by atoms with Gasteiger partial charge in [0, 0.05) is 18.9 Å². The van der Waals surface area contributed by atoms with Crippen LogP contribution in [0.4, 0.5) is 0 Å². The average molecular weight is 424 g/mol. The van der Waals surface area contributed by atoms with Crippen molar-refractivity contribution in [2.24, 2.45) is 0 Å². The van der Waals surface area contributed by atoms with Crippen molar-refractivity contribution in [3.63, 3.8) is 0 Å². The summed E-state index contributed by atoms with van der Waals surface area (Å²) in [5.41, 5.74) is 1.97. The number of likely N-dealkylation sites (tertiary alicyclic amines) is 1. The monoisotopic (exact) mass is 423 g/mol. The lowest BCUT2D eigenvalue weighted by Gasteiger charge is -2.36. The lowest BCUT2D eigenvalue weighted by molar-refractivity contribution is -0.138. The number of pyridine rings is 1. The molecule has 0 unspecified atom stereocenters. The largest absolute Gasteiger partial charge is 0.334 e. The van der Waals surface area contributed by atoms with E-state index < -0.39 is 0 Å². The third-order valence-electron chi connectivity index (χ3n) is 5.16. The van der Waals surface area contributed by atoms with E-state index in [2.05, 4.69) is 4.98 Å². The summed E-state index contributed by atoms with van der Waals surface area (Å²) in [6, 6.07) is 13.5. The van der Waals surface area contributed by atoms with Gasteiger partial charge in [-0.1, -0.05) is 60.4 Å². The Morgan fingerprint density at radius 2 is 2.03 bits per heavy atom. The molecule has 0 radical (unpaired) electrons. The van der Waals surface area contributed by atoms with Crippen LogP contribution in [0.5, 0.6) is 0 Å². The van der Waals surface area contributed by atoms with Gasteiger partial charge in [-0.2, -0.15) is 0 Å². The molecule has 148 valence electrons. The van der Waals surface area contributed by atoms with Gasteiger partial charge >= 0.3 is 0 Å². The Labute approximate surface area is 179 Å². The number of piperidine rings is 1. The summed E-state index contributed by atoms with van der Waals surface area (Å²) in [4.78, 5) is 34.0. The van der Waals surface area contributed by atoms with Gasteiger partial charge in [0.15, 0.2) is 0 Å². The van der Waals surface area contributed by atoms with E-state index in [4.69, 9.17) is 12.2 Å². The number of thioether (sulfide) groups is 1. The lowest BCUT2D eigenvalue weighted by atomic mass is 9.96. The van der Waals surface area contributed by atoms with Gasteiger partial charge in [0.1, 0.15) is 10.9 Å². The van der Waals surface area contributed by atoms with E-state index in [1.165, 1.54) is 16.7 Å². The summed E-state index contributed by atoms with van der Waals surface area (Å²) in [6.45, 7) is 0.667. The van der Waals surface area contributed by atoms with E-state index in [-0.39, 0.29) is 24.4 Å². The highest BCUT2D eigenvalue weighted by Gasteiger charge is 2.36. The van der Waals surface area contributed by atoms with Gasteiger partial charge in [0.25, 0.3) is 5.91 Å². The first-order valence-electron chi connectivity index (χ1n) is 9.63. The Kier molecular flexibility index (Phi) is 6.06. The first-order chi connectivity index (χ1) is 14.1. The summed E-state index contributed by atoms with van der Waals surface area (Å²) >= 11 is 6.65. The van der Waals surface area contributed by atoms with Crippen LogP contribution in [-0.2, 0) is 9.59 Å². The van der Waals surface area contributed by atoms with Crippen molar-refractivity contribution in [3.05, 3.63) is 70.9 Å². The van der Waals surface area contributed by atoms with E-state index in [0.717, 1.165) is 30.4 Å². The van der Waals surface area contributed by atoms with E-state index in [9.17, 15) is 9.59 Å². The number of benzene rings is 1. The first-order valence-corrected chi connectivity index (χ1v) is 10.9. The van der Waals surface area contributed by atoms with Crippen LogP contribution in [0.25, 0.3) is 6.08 Å². The molecule has 2 aromatic rings. The molecule has 7 heteroatoms. The second-order valence-electron chi connectivity index (χ2n) is 7.06. The van der Waals surface area contributed by atoms with E-state index in [0.29, 0.717) is 15.8 Å². The number of carbonyl (C=O) groups is 2. The Balaban J connectivity index is 1.49. The standard InChI is InChI=1S/C22H21N3O2S2/c26-20(24-12-5-4-10-18(24)17-9-6-11-23-14-17)15-25-21(27)19(29-22(25)28)13-16-7-2-1-3-8-16/h1-3,6-9,11,13-14,18H,4-5,10,12,15H2/b19-13-/t18-/m1/s1. The molecule has 0 saturated carbocycles. The molecule has 4 rings (SSSR count). The summed E-state index contributed by atoms with van der Waals surface area (Å²) in [5.74, 6) is -0.275. The van der Waals surface area contributed by atoms with E-state index >= 15 is 0 Å². The van der Waals surface area contributed by atoms with Gasteiger partial charge in [-0.15, -0.1) is 0 Å². The zero-order chi connectivity index (χ0) is 20.2. The summed E-state index contributed by atoms with van der Waals surface area (Å²) in [5, 5.41) is 0. The maximum Gasteiger partial charge on any atom is 0.266 e. The molecular formula is C22H21N3O2S2. The average Bonchev–Trinajstić information content (AvgIpc) is 3.02. The fourth-order valence-electron chi connectivity index (χ4n) is 3.71. The molecule has 5 nitrogen and oxygen atoms in total. The number of thiocarbonyl (C=S) groups is 1. The van der Waals surface area contributed by atoms with Crippen LogP contribution in [0.2, 0.25) is 0 Å². The molecule has 2 aliphatic rings. The molecule has 3 heterocycles. The molecule has 2 fully saturated rings. The zero-order valence-electron chi connectivity index (χ0n) is 15.9. The number of hydrogen-bond acceptors (Lipinski definition) is 5. The Morgan fingerprint density at radius 1 is 1.21 bits per heavy atom. The van der Waals surface area contributed by atoms with Gasteiger partial charge in [0.2, 0.25) is 5.91 Å². The third kappa shape index (κ3) is 4.41. The predicted octanol–water partition coefficient (Wildman–Crippen LogP) is 4.04. The fourth-order valence-corrected chi connectivity index (χ4v) is 4.97. The van der Waals surface area contributed by atoms with Gasteiger partial charge in [0.05, 0.1) is 10.9 Å². The molecule has 29 heavy (non-hydrogen) atoms. The van der Waals surface area contributed by atoms with E-state index in [1.807, 2.05) is 59.6 Å². The summed E-state index contributed by atoms with van der Waals surface area (Å²) in [6.07, 6.45) is 8.32. The number of aromatic nitrogens is 1. The number of nitrogens with zero attached hydrogens (tertiary/aromatic N) is 3. The van der Waals surface area contributed by atoms with Crippen LogP contribution in [0.15, 0.2) is 59.8 Å². The smallest absolute Gasteiger partial charge is 0.266 e.